The highest BCUT2D eigenvalue weighted by Gasteiger charge is 2.49. The van der Waals surface area contributed by atoms with Crippen LogP contribution in [0.15, 0.2) is 30.3 Å². The summed E-state index contributed by atoms with van der Waals surface area (Å²) < 4.78 is 6.02. The molecule has 0 aromatic heterocycles. The van der Waals surface area contributed by atoms with Crippen LogP contribution >= 0.6 is 0 Å². The molecule has 3 aliphatic rings. The lowest BCUT2D eigenvalue weighted by Gasteiger charge is -2.45. The van der Waals surface area contributed by atoms with Gasteiger partial charge in [-0.2, -0.15) is 5.26 Å². The van der Waals surface area contributed by atoms with Crippen molar-refractivity contribution in [3.63, 3.8) is 0 Å². The monoisotopic (exact) mass is 452 g/mol. The molecule has 2 amide bonds. The van der Waals surface area contributed by atoms with Crippen molar-refractivity contribution in [3.05, 3.63) is 35.9 Å². The smallest absolute Gasteiger partial charge is 0.408 e. The van der Waals surface area contributed by atoms with Gasteiger partial charge in [-0.15, -0.1) is 0 Å². The number of ether oxygens (including phenoxy) is 1. The van der Waals surface area contributed by atoms with Crippen LogP contribution in [0.5, 0.6) is 0 Å². The van der Waals surface area contributed by atoms with Gasteiger partial charge < -0.3 is 20.3 Å². The maximum Gasteiger partial charge on any atom is 0.408 e. The third-order valence-corrected chi connectivity index (χ3v) is 7.50. The lowest BCUT2D eigenvalue weighted by Crippen LogP contribution is -2.60. The summed E-state index contributed by atoms with van der Waals surface area (Å²) in [6.07, 6.45) is 7.79. The Morgan fingerprint density at radius 3 is 2.58 bits per heavy atom. The van der Waals surface area contributed by atoms with Crippen LogP contribution in [-0.4, -0.2) is 47.7 Å². The van der Waals surface area contributed by atoms with Gasteiger partial charge in [0.25, 0.3) is 5.91 Å². The van der Waals surface area contributed by atoms with Gasteiger partial charge in [0.2, 0.25) is 0 Å². The Labute approximate surface area is 196 Å². The zero-order valence-corrected chi connectivity index (χ0v) is 19.4. The minimum Gasteiger partial charge on any atom is -0.433 e. The predicted molar refractivity (Wildman–Crippen MR) is 125 cm³/mol. The van der Waals surface area contributed by atoms with E-state index < -0.39 is 11.7 Å². The van der Waals surface area contributed by atoms with Crippen molar-refractivity contribution in [2.75, 3.05) is 13.1 Å². The van der Waals surface area contributed by atoms with Crippen LogP contribution in [0.4, 0.5) is 4.79 Å². The molecule has 33 heavy (non-hydrogen) atoms. The molecule has 0 spiro atoms. The fourth-order valence-electron chi connectivity index (χ4n) is 5.74. The van der Waals surface area contributed by atoms with E-state index in [2.05, 4.69) is 16.7 Å². The van der Waals surface area contributed by atoms with Crippen LogP contribution in [0.25, 0.3) is 0 Å². The third kappa shape index (κ3) is 5.67. The van der Waals surface area contributed by atoms with Gasteiger partial charge in [0.1, 0.15) is 0 Å². The van der Waals surface area contributed by atoms with E-state index in [-0.39, 0.29) is 23.9 Å². The Kier molecular flexibility index (Phi) is 7.87. The topological polar surface area (TPSA) is 94.5 Å². The molecule has 7 heteroatoms. The molecule has 2 N–H and O–H groups in total. The fourth-order valence-corrected chi connectivity index (χ4v) is 5.74. The highest BCUT2D eigenvalue weighted by Crippen LogP contribution is 2.38. The summed E-state index contributed by atoms with van der Waals surface area (Å²) in [4.78, 5) is 29.1. The van der Waals surface area contributed by atoms with Gasteiger partial charge in [0.15, 0.2) is 5.60 Å². The molecule has 1 saturated heterocycles. The number of alkyl carbamates (subject to hydrolysis) is 1. The summed E-state index contributed by atoms with van der Waals surface area (Å²) in [5.41, 5.74) is -0.122. The maximum atomic E-state index is 14.2. The number of nitrogens with zero attached hydrogens (tertiary/aromatic N) is 2. The van der Waals surface area contributed by atoms with Gasteiger partial charge in [-0.1, -0.05) is 43.2 Å². The predicted octanol–water partition coefficient (Wildman–Crippen LogP) is 3.89. The van der Waals surface area contributed by atoms with Crippen LogP contribution in [-0.2, 0) is 16.1 Å². The standard InChI is InChI=1S/C26H36N4O3/c27-17-21-10-7-11-22(16-21)30(23-12-15-28-19-23)24(31)26(13-5-2-6-14-26)33-25(32)29-18-20-8-3-1-4-9-20/h1,3-4,8-9,21-23,28H,2,5-7,10-16,18-19H2,(H,29,32). The van der Waals surface area contributed by atoms with Gasteiger partial charge in [0, 0.05) is 31.1 Å². The molecular weight excluding hydrogens is 416 g/mol. The zero-order valence-electron chi connectivity index (χ0n) is 19.4. The van der Waals surface area contributed by atoms with Crippen LogP contribution in [0.3, 0.4) is 0 Å². The van der Waals surface area contributed by atoms with Gasteiger partial charge in [-0.3, -0.25) is 4.79 Å². The van der Waals surface area contributed by atoms with Gasteiger partial charge >= 0.3 is 6.09 Å². The molecule has 3 fully saturated rings. The molecule has 2 aliphatic carbocycles. The molecule has 0 bridgehead atoms. The molecule has 7 nitrogen and oxygen atoms in total. The quantitative estimate of drug-likeness (QED) is 0.683. The number of carbonyl (C=O) groups excluding carboxylic acids is 2. The molecule has 1 aromatic rings. The minimum absolute atomic E-state index is 0.00851. The highest BCUT2D eigenvalue weighted by atomic mass is 16.6. The van der Waals surface area contributed by atoms with Gasteiger partial charge in [-0.05, 0) is 63.5 Å². The number of amides is 2. The largest absolute Gasteiger partial charge is 0.433 e. The Morgan fingerprint density at radius 1 is 1.09 bits per heavy atom. The molecule has 1 aromatic carbocycles. The summed E-state index contributed by atoms with van der Waals surface area (Å²) >= 11 is 0. The lowest BCUT2D eigenvalue weighted by atomic mass is 9.80. The number of hydrogen-bond acceptors (Lipinski definition) is 5. The summed E-state index contributed by atoms with van der Waals surface area (Å²) in [6, 6.07) is 12.3. The van der Waals surface area contributed by atoms with E-state index in [0.717, 1.165) is 70.0 Å². The van der Waals surface area contributed by atoms with Crippen molar-refractivity contribution in [1.82, 2.24) is 15.5 Å². The van der Waals surface area contributed by atoms with Crippen LogP contribution in [0.1, 0.15) is 69.8 Å². The van der Waals surface area contributed by atoms with E-state index >= 15 is 0 Å². The molecule has 1 heterocycles. The molecule has 3 unspecified atom stereocenters. The second-order valence-electron chi connectivity index (χ2n) is 9.79. The van der Waals surface area contributed by atoms with Crippen LogP contribution in [0.2, 0.25) is 0 Å². The normalized spacial score (nSPS) is 26.7. The average molecular weight is 453 g/mol. The molecule has 0 radical (unpaired) electrons. The molecule has 2 saturated carbocycles. The van der Waals surface area contributed by atoms with Crippen molar-refractivity contribution >= 4 is 12.0 Å². The summed E-state index contributed by atoms with van der Waals surface area (Å²) in [6.45, 7) is 2.01. The number of benzene rings is 1. The molecule has 178 valence electrons. The number of hydrogen-bond donors (Lipinski definition) is 2. The first-order valence-corrected chi connectivity index (χ1v) is 12.6. The SMILES string of the molecule is N#CC1CCCC(N(C(=O)C2(OC(=O)NCc3ccccc3)CCCCC2)C2CCNC2)C1. The van der Waals surface area contributed by atoms with E-state index in [1.807, 2.05) is 35.2 Å². The first-order valence-electron chi connectivity index (χ1n) is 12.6. The van der Waals surface area contributed by atoms with Crippen molar-refractivity contribution in [2.24, 2.45) is 5.92 Å². The van der Waals surface area contributed by atoms with Crippen molar-refractivity contribution in [1.29, 1.82) is 5.26 Å². The van der Waals surface area contributed by atoms with E-state index in [1.54, 1.807) is 0 Å². The lowest BCUT2D eigenvalue weighted by molar-refractivity contribution is -0.161. The first kappa shape index (κ1) is 23.6. The second-order valence-corrected chi connectivity index (χ2v) is 9.79. The van der Waals surface area contributed by atoms with E-state index in [9.17, 15) is 14.9 Å². The van der Waals surface area contributed by atoms with Crippen LogP contribution < -0.4 is 10.6 Å². The Bertz CT molecular complexity index is 841. The van der Waals surface area contributed by atoms with E-state index in [4.69, 9.17) is 4.74 Å². The van der Waals surface area contributed by atoms with Gasteiger partial charge in [-0.25, -0.2) is 4.79 Å². The molecule has 4 rings (SSSR count). The average Bonchev–Trinajstić information content (AvgIpc) is 3.38. The maximum absolute atomic E-state index is 14.2. The summed E-state index contributed by atoms with van der Waals surface area (Å²) in [7, 11) is 0. The fraction of sp³-hybridized carbons (Fsp3) is 0.654. The van der Waals surface area contributed by atoms with Crippen molar-refractivity contribution < 1.29 is 14.3 Å². The van der Waals surface area contributed by atoms with E-state index in [0.29, 0.717) is 19.4 Å². The molecule has 3 atom stereocenters. The first-order chi connectivity index (χ1) is 16.1. The second kappa shape index (κ2) is 11.0. The highest BCUT2D eigenvalue weighted by molar-refractivity contribution is 5.88. The van der Waals surface area contributed by atoms with Crippen molar-refractivity contribution in [3.8, 4) is 6.07 Å². The Morgan fingerprint density at radius 2 is 1.88 bits per heavy atom. The minimum atomic E-state index is -1.11. The van der Waals surface area contributed by atoms with Crippen LogP contribution in [0, 0.1) is 17.2 Å². The Hall–Kier alpha value is -2.59. The number of carbonyl (C=O) groups is 2. The molecule has 1 aliphatic heterocycles. The Balaban J connectivity index is 1.52. The third-order valence-electron chi connectivity index (χ3n) is 7.50. The van der Waals surface area contributed by atoms with E-state index in [1.165, 1.54) is 0 Å². The van der Waals surface area contributed by atoms with Gasteiger partial charge in [0.05, 0.1) is 6.07 Å². The summed E-state index contributed by atoms with van der Waals surface area (Å²) in [5, 5.41) is 15.8. The number of rotatable bonds is 6. The number of nitriles is 1. The molecular formula is C26H36N4O3. The summed E-state index contributed by atoms with van der Waals surface area (Å²) in [5.74, 6) is -0.0554. The number of nitrogens with one attached hydrogen (secondary N) is 2. The van der Waals surface area contributed by atoms with Crippen molar-refractivity contribution in [2.45, 2.75) is 88.4 Å². The zero-order chi connectivity index (χ0) is 23.1.